The van der Waals surface area contributed by atoms with Gasteiger partial charge in [0, 0.05) is 24.2 Å². The maximum atomic E-state index is 12.6. The van der Waals surface area contributed by atoms with Crippen molar-refractivity contribution in [3.8, 4) is 5.75 Å². The zero-order valence-electron chi connectivity index (χ0n) is 15.2. The van der Waals surface area contributed by atoms with Crippen LogP contribution in [0.3, 0.4) is 0 Å². The molecular formula is C19H21ClN2O5S. The van der Waals surface area contributed by atoms with Gasteiger partial charge in [-0.2, -0.15) is 0 Å². The first kappa shape index (κ1) is 20.6. The van der Waals surface area contributed by atoms with E-state index >= 15 is 0 Å². The van der Waals surface area contributed by atoms with E-state index in [1.54, 1.807) is 0 Å². The van der Waals surface area contributed by atoms with Gasteiger partial charge in [-0.05, 0) is 37.0 Å². The van der Waals surface area contributed by atoms with Crippen LogP contribution in [-0.4, -0.2) is 42.6 Å². The maximum absolute atomic E-state index is 12.6. The molecule has 1 saturated heterocycles. The van der Waals surface area contributed by atoms with Gasteiger partial charge < -0.3 is 4.74 Å². The second-order valence-corrected chi connectivity index (χ2v) is 9.16. The number of nitro groups is 1. The molecule has 0 bridgehead atoms. The van der Waals surface area contributed by atoms with Crippen LogP contribution in [0.25, 0.3) is 0 Å². The first-order valence-electron chi connectivity index (χ1n) is 8.97. The minimum atomic E-state index is -3.35. The van der Waals surface area contributed by atoms with Gasteiger partial charge >= 0.3 is 5.69 Å². The van der Waals surface area contributed by atoms with Crippen LogP contribution in [0.2, 0.25) is 5.02 Å². The largest absolute Gasteiger partial charge is 0.483 e. The number of sulfonamides is 1. The van der Waals surface area contributed by atoms with Gasteiger partial charge in [0.15, 0.2) is 5.75 Å². The number of nitro benzene ring substituents is 1. The number of benzene rings is 2. The summed E-state index contributed by atoms with van der Waals surface area (Å²) in [6, 6.07) is 13.8. The number of hydrogen-bond acceptors (Lipinski definition) is 5. The molecule has 28 heavy (non-hydrogen) atoms. The smallest absolute Gasteiger partial charge is 0.312 e. The molecule has 1 fully saturated rings. The Morgan fingerprint density at radius 2 is 1.82 bits per heavy atom. The van der Waals surface area contributed by atoms with Gasteiger partial charge in [-0.3, -0.25) is 10.1 Å². The highest BCUT2D eigenvalue weighted by Crippen LogP contribution is 2.32. The predicted molar refractivity (Wildman–Crippen MR) is 107 cm³/mol. The number of nitrogens with zero attached hydrogens (tertiary/aromatic N) is 2. The standard InChI is InChI=1S/C19H21ClN2O5S/c20-16-6-7-19(18(14-16)22(23)24)27-17-8-11-21(12-9-17)28(25,26)13-10-15-4-2-1-3-5-15/h1-7,14,17H,8-13H2. The van der Waals surface area contributed by atoms with Crippen molar-refractivity contribution in [2.45, 2.75) is 25.4 Å². The lowest BCUT2D eigenvalue weighted by atomic mass is 10.1. The molecule has 3 rings (SSSR count). The Hall–Kier alpha value is -2.16. The van der Waals surface area contributed by atoms with Crippen molar-refractivity contribution in [2.75, 3.05) is 18.8 Å². The molecule has 1 aliphatic heterocycles. The summed E-state index contributed by atoms with van der Waals surface area (Å²) >= 11 is 5.81. The number of piperidine rings is 1. The highest BCUT2D eigenvalue weighted by molar-refractivity contribution is 7.89. The minimum absolute atomic E-state index is 0.0607. The molecule has 0 amide bonds. The molecule has 0 saturated carbocycles. The van der Waals surface area contributed by atoms with E-state index in [-0.39, 0.29) is 28.3 Å². The van der Waals surface area contributed by atoms with Crippen LogP contribution < -0.4 is 4.74 Å². The van der Waals surface area contributed by atoms with Gasteiger partial charge in [-0.15, -0.1) is 0 Å². The molecular weight excluding hydrogens is 404 g/mol. The monoisotopic (exact) mass is 424 g/mol. The summed E-state index contributed by atoms with van der Waals surface area (Å²) in [5.74, 6) is 0.213. The molecule has 0 aliphatic carbocycles. The van der Waals surface area contributed by atoms with Crippen LogP contribution in [0, 0.1) is 10.1 Å². The van der Waals surface area contributed by atoms with E-state index in [9.17, 15) is 18.5 Å². The highest BCUT2D eigenvalue weighted by Gasteiger charge is 2.30. The number of hydrogen-bond donors (Lipinski definition) is 0. The van der Waals surface area contributed by atoms with Gasteiger partial charge in [-0.25, -0.2) is 12.7 Å². The normalized spacial score (nSPS) is 16.0. The maximum Gasteiger partial charge on any atom is 0.312 e. The Morgan fingerprint density at radius 3 is 2.46 bits per heavy atom. The Balaban J connectivity index is 1.56. The van der Waals surface area contributed by atoms with Crippen molar-refractivity contribution in [2.24, 2.45) is 0 Å². The van der Waals surface area contributed by atoms with Crippen LogP contribution in [0.5, 0.6) is 5.75 Å². The molecule has 0 aromatic heterocycles. The summed E-state index contributed by atoms with van der Waals surface area (Å²) in [5.41, 5.74) is 0.796. The molecule has 0 unspecified atom stereocenters. The quantitative estimate of drug-likeness (QED) is 0.499. The molecule has 0 N–H and O–H groups in total. The fourth-order valence-corrected chi connectivity index (χ4v) is 4.85. The first-order chi connectivity index (χ1) is 13.3. The predicted octanol–water partition coefficient (Wildman–Crippen LogP) is 3.66. The number of halogens is 1. The zero-order valence-corrected chi connectivity index (χ0v) is 16.7. The van der Waals surface area contributed by atoms with Gasteiger partial charge in [-0.1, -0.05) is 41.9 Å². The number of ether oxygens (including phenoxy) is 1. The molecule has 1 heterocycles. The second-order valence-electron chi connectivity index (χ2n) is 6.64. The Bertz CT molecular complexity index is 929. The molecule has 150 valence electrons. The Labute approximate surface area is 169 Å². The summed E-state index contributed by atoms with van der Waals surface area (Å²) in [4.78, 5) is 10.6. The lowest BCUT2D eigenvalue weighted by molar-refractivity contribution is -0.386. The summed E-state index contributed by atoms with van der Waals surface area (Å²) in [5, 5.41) is 11.4. The second kappa shape index (κ2) is 8.89. The minimum Gasteiger partial charge on any atom is -0.483 e. The molecule has 9 heteroatoms. The van der Waals surface area contributed by atoms with E-state index in [0.29, 0.717) is 32.4 Å². The van der Waals surface area contributed by atoms with E-state index in [1.165, 1.54) is 22.5 Å². The molecule has 0 atom stereocenters. The fraction of sp³-hybridized carbons (Fsp3) is 0.368. The molecule has 0 spiro atoms. The molecule has 2 aromatic rings. The summed E-state index contributed by atoms with van der Waals surface area (Å²) in [6.07, 6.45) is 1.14. The van der Waals surface area contributed by atoms with Crippen molar-refractivity contribution >= 4 is 27.3 Å². The Morgan fingerprint density at radius 1 is 1.14 bits per heavy atom. The third-order valence-corrected chi connectivity index (χ3v) is 6.80. The third-order valence-electron chi connectivity index (χ3n) is 4.70. The van der Waals surface area contributed by atoms with E-state index in [4.69, 9.17) is 16.3 Å². The van der Waals surface area contributed by atoms with Gasteiger partial charge in [0.05, 0.1) is 10.7 Å². The van der Waals surface area contributed by atoms with Crippen molar-refractivity contribution < 1.29 is 18.1 Å². The molecule has 7 nitrogen and oxygen atoms in total. The molecule has 2 aromatic carbocycles. The van der Waals surface area contributed by atoms with Gasteiger partial charge in [0.25, 0.3) is 0 Å². The van der Waals surface area contributed by atoms with Crippen molar-refractivity contribution in [3.63, 3.8) is 0 Å². The highest BCUT2D eigenvalue weighted by atomic mass is 35.5. The van der Waals surface area contributed by atoms with Gasteiger partial charge in [0.2, 0.25) is 10.0 Å². The van der Waals surface area contributed by atoms with Crippen molar-refractivity contribution in [1.29, 1.82) is 0 Å². The van der Waals surface area contributed by atoms with Crippen LogP contribution in [-0.2, 0) is 16.4 Å². The van der Waals surface area contributed by atoms with Gasteiger partial charge in [0.1, 0.15) is 6.10 Å². The van der Waals surface area contributed by atoms with Crippen LogP contribution >= 0.6 is 11.6 Å². The Kier molecular flexibility index (Phi) is 6.53. The lowest BCUT2D eigenvalue weighted by Crippen LogP contribution is -2.43. The van der Waals surface area contributed by atoms with E-state index in [2.05, 4.69) is 0 Å². The van der Waals surface area contributed by atoms with Crippen molar-refractivity contribution in [1.82, 2.24) is 4.31 Å². The van der Waals surface area contributed by atoms with E-state index in [0.717, 1.165) is 5.56 Å². The van der Waals surface area contributed by atoms with E-state index < -0.39 is 14.9 Å². The third kappa shape index (κ3) is 5.21. The van der Waals surface area contributed by atoms with Crippen LogP contribution in [0.1, 0.15) is 18.4 Å². The molecule has 0 radical (unpaired) electrons. The average Bonchev–Trinajstić information content (AvgIpc) is 2.69. The first-order valence-corrected chi connectivity index (χ1v) is 11.0. The fourth-order valence-electron chi connectivity index (χ4n) is 3.16. The number of rotatable bonds is 7. The van der Waals surface area contributed by atoms with Crippen LogP contribution in [0.15, 0.2) is 48.5 Å². The summed E-state index contributed by atoms with van der Waals surface area (Å²) < 4.78 is 32.4. The van der Waals surface area contributed by atoms with E-state index in [1.807, 2.05) is 30.3 Å². The summed E-state index contributed by atoms with van der Waals surface area (Å²) in [7, 11) is -3.35. The van der Waals surface area contributed by atoms with Crippen molar-refractivity contribution in [3.05, 3.63) is 69.2 Å². The number of aryl methyl sites for hydroxylation is 1. The average molecular weight is 425 g/mol. The molecule has 1 aliphatic rings. The SMILES string of the molecule is O=[N+]([O-])c1cc(Cl)ccc1OC1CCN(S(=O)(=O)CCc2ccccc2)CC1. The lowest BCUT2D eigenvalue weighted by Gasteiger charge is -2.31. The topological polar surface area (TPSA) is 89.8 Å². The zero-order chi connectivity index (χ0) is 20.1. The summed E-state index contributed by atoms with van der Waals surface area (Å²) in [6.45, 7) is 0.673. The van der Waals surface area contributed by atoms with Crippen LogP contribution in [0.4, 0.5) is 5.69 Å².